The molecule has 3 N–H and O–H groups in total. The first-order chi connectivity index (χ1) is 14.9. The quantitative estimate of drug-likeness (QED) is 0.481. The van der Waals surface area contributed by atoms with Crippen molar-refractivity contribution in [3.05, 3.63) is 96.7 Å². The van der Waals surface area contributed by atoms with Gasteiger partial charge in [0.05, 0.1) is 15.5 Å². The van der Waals surface area contributed by atoms with Crippen LogP contribution in [-0.4, -0.2) is 24.3 Å². The molecule has 1 heterocycles. The van der Waals surface area contributed by atoms with Crippen LogP contribution in [0.4, 0.5) is 11.6 Å². The normalized spacial score (nSPS) is 11.1. The second-order valence-electron chi connectivity index (χ2n) is 6.67. The van der Waals surface area contributed by atoms with E-state index < -0.39 is 15.7 Å². The van der Waals surface area contributed by atoms with Gasteiger partial charge in [-0.05, 0) is 54.6 Å². The number of benzene rings is 3. The van der Waals surface area contributed by atoms with E-state index in [1.165, 1.54) is 0 Å². The van der Waals surface area contributed by atoms with Gasteiger partial charge in [-0.2, -0.15) is 0 Å². The number of nitrogens with zero attached hydrogens (tertiary/aromatic N) is 2. The first-order valence-electron chi connectivity index (χ1n) is 9.34. The summed E-state index contributed by atoms with van der Waals surface area (Å²) in [5.41, 5.74) is 7.74. The van der Waals surface area contributed by atoms with E-state index in [1.807, 2.05) is 0 Å². The largest absolute Gasteiger partial charge is 0.366 e. The van der Waals surface area contributed by atoms with E-state index in [-0.39, 0.29) is 9.79 Å². The van der Waals surface area contributed by atoms with Crippen LogP contribution in [0.5, 0.6) is 0 Å². The Balaban J connectivity index is 1.56. The summed E-state index contributed by atoms with van der Waals surface area (Å²) in [7, 11) is -3.57. The van der Waals surface area contributed by atoms with Crippen LogP contribution in [-0.2, 0) is 9.84 Å². The second kappa shape index (κ2) is 8.37. The second-order valence-corrected chi connectivity index (χ2v) is 8.62. The summed E-state index contributed by atoms with van der Waals surface area (Å²) >= 11 is 0. The lowest BCUT2D eigenvalue weighted by Gasteiger charge is -2.08. The maximum atomic E-state index is 12.7. The van der Waals surface area contributed by atoms with E-state index in [9.17, 15) is 13.2 Å². The van der Waals surface area contributed by atoms with Crippen molar-refractivity contribution in [1.82, 2.24) is 9.97 Å². The lowest BCUT2D eigenvalue weighted by atomic mass is 10.1. The molecule has 4 rings (SSSR count). The third-order valence-electron chi connectivity index (χ3n) is 4.60. The zero-order chi connectivity index (χ0) is 21.8. The SMILES string of the molecule is NC(=O)c1ccc(Nc2nccc(-c3ccc(S(=O)(=O)c4ccccc4)cc3)n2)cc1. The number of primary amides is 1. The Morgan fingerprint density at radius 1 is 0.806 bits per heavy atom. The summed E-state index contributed by atoms with van der Waals surface area (Å²) in [6.07, 6.45) is 1.61. The molecule has 0 aliphatic heterocycles. The van der Waals surface area contributed by atoms with E-state index in [0.29, 0.717) is 22.9 Å². The first-order valence-corrected chi connectivity index (χ1v) is 10.8. The lowest BCUT2D eigenvalue weighted by molar-refractivity contribution is 0.100. The number of rotatable bonds is 6. The standard InChI is InChI=1S/C23H18N4O3S/c24-22(28)17-6-10-18(11-7-17)26-23-25-15-14-21(27-23)16-8-12-20(13-9-16)31(29,30)19-4-2-1-3-5-19/h1-15H,(H2,24,28)(H,25,26,27). The Labute approximate surface area is 179 Å². The number of carbonyl (C=O) groups is 1. The fraction of sp³-hybridized carbons (Fsp3) is 0. The first kappa shape index (κ1) is 20.2. The van der Waals surface area contributed by atoms with Crippen LogP contribution in [0.3, 0.4) is 0 Å². The molecule has 0 spiro atoms. The Morgan fingerprint density at radius 3 is 2.10 bits per heavy atom. The Bertz CT molecular complexity index is 1320. The molecule has 0 radical (unpaired) electrons. The summed E-state index contributed by atoms with van der Waals surface area (Å²) in [6, 6.07) is 23.2. The third-order valence-corrected chi connectivity index (χ3v) is 6.38. The number of nitrogens with two attached hydrogens (primary N) is 1. The van der Waals surface area contributed by atoms with Gasteiger partial charge in [-0.1, -0.05) is 30.3 Å². The molecule has 1 aromatic heterocycles. The number of hydrogen-bond acceptors (Lipinski definition) is 6. The predicted molar refractivity (Wildman–Crippen MR) is 118 cm³/mol. The van der Waals surface area contributed by atoms with Gasteiger partial charge in [-0.25, -0.2) is 18.4 Å². The van der Waals surface area contributed by atoms with Crippen molar-refractivity contribution in [3.63, 3.8) is 0 Å². The molecule has 0 aliphatic carbocycles. The molecule has 0 saturated heterocycles. The molecule has 3 aromatic carbocycles. The van der Waals surface area contributed by atoms with Crippen LogP contribution >= 0.6 is 0 Å². The van der Waals surface area contributed by atoms with Gasteiger partial charge in [0.2, 0.25) is 21.7 Å². The number of nitrogens with one attached hydrogen (secondary N) is 1. The van der Waals surface area contributed by atoms with E-state index in [4.69, 9.17) is 5.73 Å². The van der Waals surface area contributed by atoms with Crippen molar-refractivity contribution in [2.45, 2.75) is 9.79 Å². The van der Waals surface area contributed by atoms with Gasteiger partial charge in [0.15, 0.2) is 0 Å². The van der Waals surface area contributed by atoms with Crippen LogP contribution in [0.1, 0.15) is 10.4 Å². The summed E-state index contributed by atoms with van der Waals surface area (Å²) in [5.74, 6) is -0.132. The minimum atomic E-state index is -3.57. The average Bonchev–Trinajstić information content (AvgIpc) is 2.80. The Morgan fingerprint density at radius 2 is 1.45 bits per heavy atom. The molecule has 8 heteroatoms. The van der Waals surface area contributed by atoms with Crippen molar-refractivity contribution in [1.29, 1.82) is 0 Å². The van der Waals surface area contributed by atoms with Crippen molar-refractivity contribution in [3.8, 4) is 11.3 Å². The smallest absolute Gasteiger partial charge is 0.248 e. The monoisotopic (exact) mass is 430 g/mol. The molecule has 0 fully saturated rings. The molecule has 0 bridgehead atoms. The molecule has 7 nitrogen and oxygen atoms in total. The number of aromatic nitrogens is 2. The molecule has 0 unspecified atom stereocenters. The van der Waals surface area contributed by atoms with Gasteiger partial charge in [0.1, 0.15) is 0 Å². The molecule has 0 saturated carbocycles. The predicted octanol–water partition coefficient (Wildman–Crippen LogP) is 3.82. The number of sulfone groups is 1. The highest BCUT2D eigenvalue weighted by atomic mass is 32.2. The summed E-state index contributed by atoms with van der Waals surface area (Å²) < 4.78 is 25.5. The van der Waals surface area contributed by atoms with Gasteiger partial charge in [-0.15, -0.1) is 0 Å². The van der Waals surface area contributed by atoms with E-state index in [1.54, 1.807) is 91.1 Å². The van der Waals surface area contributed by atoms with Crippen LogP contribution < -0.4 is 11.1 Å². The lowest BCUT2D eigenvalue weighted by Crippen LogP contribution is -2.10. The average molecular weight is 430 g/mol. The summed E-state index contributed by atoms with van der Waals surface area (Å²) in [4.78, 5) is 20.3. The van der Waals surface area contributed by atoms with Gasteiger partial charge >= 0.3 is 0 Å². The topological polar surface area (TPSA) is 115 Å². The van der Waals surface area contributed by atoms with E-state index in [0.717, 1.165) is 5.56 Å². The number of carbonyl (C=O) groups excluding carboxylic acids is 1. The minimum Gasteiger partial charge on any atom is -0.366 e. The van der Waals surface area contributed by atoms with Crippen molar-refractivity contribution in [2.75, 3.05) is 5.32 Å². The Kier molecular flexibility index (Phi) is 5.46. The highest BCUT2D eigenvalue weighted by Gasteiger charge is 2.17. The number of anilines is 2. The zero-order valence-corrected chi connectivity index (χ0v) is 17.1. The highest BCUT2D eigenvalue weighted by molar-refractivity contribution is 7.91. The van der Waals surface area contributed by atoms with Crippen LogP contribution in [0.15, 0.2) is 101 Å². The van der Waals surface area contributed by atoms with Gasteiger partial charge in [0, 0.05) is 23.0 Å². The fourth-order valence-corrected chi connectivity index (χ4v) is 4.25. The number of amides is 1. The van der Waals surface area contributed by atoms with Crippen LogP contribution in [0, 0.1) is 0 Å². The Hall–Kier alpha value is -4.04. The van der Waals surface area contributed by atoms with Gasteiger partial charge in [0.25, 0.3) is 0 Å². The molecule has 0 aliphatic rings. The summed E-state index contributed by atoms with van der Waals surface area (Å²) in [5, 5.41) is 3.07. The number of hydrogen-bond donors (Lipinski definition) is 2. The van der Waals surface area contributed by atoms with Crippen LogP contribution in [0.2, 0.25) is 0 Å². The molecule has 1 amide bonds. The molecule has 4 aromatic rings. The van der Waals surface area contributed by atoms with Gasteiger partial charge in [-0.3, -0.25) is 4.79 Å². The van der Waals surface area contributed by atoms with Crippen molar-refractivity contribution >= 4 is 27.4 Å². The zero-order valence-electron chi connectivity index (χ0n) is 16.3. The molecule has 0 atom stereocenters. The van der Waals surface area contributed by atoms with E-state index in [2.05, 4.69) is 15.3 Å². The van der Waals surface area contributed by atoms with Gasteiger partial charge < -0.3 is 11.1 Å². The minimum absolute atomic E-state index is 0.212. The molecule has 31 heavy (non-hydrogen) atoms. The maximum absolute atomic E-state index is 12.7. The molecule has 154 valence electrons. The van der Waals surface area contributed by atoms with E-state index >= 15 is 0 Å². The van der Waals surface area contributed by atoms with Crippen LogP contribution in [0.25, 0.3) is 11.3 Å². The van der Waals surface area contributed by atoms with Crippen molar-refractivity contribution < 1.29 is 13.2 Å². The molecular weight excluding hydrogens is 412 g/mol. The van der Waals surface area contributed by atoms with Crippen molar-refractivity contribution in [2.24, 2.45) is 5.73 Å². The third kappa shape index (κ3) is 4.44. The fourth-order valence-electron chi connectivity index (χ4n) is 2.97. The summed E-state index contributed by atoms with van der Waals surface area (Å²) in [6.45, 7) is 0. The molecular formula is C23H18N4O3S. The maximum Gasteiger partial charge on any atom is 0.248 e. The highest BCUT2D eigenvalue weighted by Crippen LogP contribution is 2.25.